The Morgan fingerprint density at radius 1 is 1.15 bits per heavy atom. The summed E-state index contributed by atoms with van der Waals surface area (Å²) >= 11 is 0. The first-order valence-electron chi connectivity index (χ1n) is 13.9. The number of aliphatic imine (C=N–C) groups is 1. The predicted octanol–water partition coefficient (Wildman–Crippen LogP) is 5.75. The van der Waals surface area contributed by atoms with Crippen LogP contribution in [-0.2, 0) is 9.59 Å². The lowest BCUT2D eigenvalue weighted by Crippen LogP contribution is -2.51. The first-order valence-corrected chi connectivity index (χ1v) is 13.9. The Morgan fingerprint density at radius 3 is 2.44 bits per heavy atom. The number of aliphatic carboxylic acids is 1. The van der Waals surface area contributed by atoms with E-state index in [1.165, 1.54) is 12.1 Å². The molecule has 7 nitrogen and oxygen atoms in total. The number of amides is 2. The van der Waals surface area contributed by atoms with E-state index in [0.29, 0.717) is 28.7 Å². The topological polar surface area (TPSA) is 99.1 Å². The van der Waals surface area contributed by atoms with Gasteiger partial charge in [-0.1, -0.05) is 51.5 Å². The Kier molecular flexibility index (Phi) is 8.83. The third-order valence-corrected chi connectivity index (χ3v) is 8.12. The second-order valence-corrected chi connectivity index (χ2v) is 11.0. The molecule has 1 spiro atoms. The third-order valence-electron chi connectivity index (χ3n) is 8.12. The lowest BCUT2D eigenvalue weighted by atomic mass is 9.76. The van der Waals surface area contributed by atoms with Crippen molar-refractivity contribution in [2.75, 3.05) is 6.54 Å². The van der Waals surface area contributed by atoms with E-state index in [4.69, 9.17) is 10.1 Å². The molecule has 2 N–H and O–H groups in total. The Balaban J connectivity index is 1.66. The summed E-state index contributed by atoms with van der Waals surface area (Å²) in [5.74, 6) is -0.768. The molecule has 0 saturated heterocycles. The fourth-order valence-corrected chi connectivity index (χ4v) is 5.95. The largest absolute Gasteiger partial charge is 0.481 e. The Hall–Kier alpha value is -3.55. The zero-order valence-electron chi connectivity index (χ0n) is 23.0. The van der Waals surface area contributed by atoms with Gasteiger partial charge in [-0.25, -0.2) is 4.39 Å². The number of hydrogen-bond donors (Lipinski definition) is 2. The van der Waals surface area contributed by atoms with Gasteiger partial charge in [-0.15, -0.1) is 0 Å². The minimum absolute atomic E-state index is 0.0523. The molecule has 2 amide bonds. The highest BCUT2D eigenvalue weighted by Gasteiger charge is 2.51. The average molecular weight is 536 g/mol. The molecule has 0 bridgehead atoms. The monoisotopic (exact) mass is 535 g/mol. The molecule has 4 rings (SSSR count). The molecule has 208 valence electrons. The van der Waals surface area contributed by atoms with Gasteiger partial charge in [0, 0.05) is 17.7 Å². The molecule has 1 saturated carbocycles. The highest BCUT2D eigenvalue weighted by Crippen LogP contribution is 2.48. The summed E-state index contributed by atoms with van der Waals surface area (Å²) in [4.78, 5) is 44.4. The van der Waals surface area contributed by atoms with E-state index in [0.717, 1.165) is 44.1 Å². The van der Waals surface area contributed by atoms with Crippen LogP contribution in [0, 0.1) is 17.7 Å². The van der Waals surface area contributed by atoms with Crippen molar-refractivity contribution < 1.29 is 23.9 Å². The molecule has 39 heavy (non-hydrogen) atoms. The summed E-state index contributed by atoms with van der Waals surface area (Å²) < 4.78 is 14.1. The lowest BCUT2D eigenvalue weighted by molar-refractivity contribution is -0.137. The van der Waals surface area contributed by atoms with Gasteiger partial charge in [-0.05, 0) is 73.8 Å². The Labute approximate surface area is 229 Å². The van der Waals surface area contributed by atoms with Crippen LogP contribution >= 0.6 is 0 Å². The molecule has 0 aromatic heterocycles. The van der Waals surface area contributed by atoms with E-state index >= 15 is 0 Å². The van der Waals surface area contributed by atoms with Crippen LogP contribution in [0.4, 0.5) is 4.39 Å². The van der Waals surface area contributed by atoms with Crippen molar-refractivity contribution >= 4 is 23.5 Å². The lowest BCUT2D eigenvalue weighted by Gasteiger charge is -2.46. The number of carbonyl (C=O) groups excluding carboxylic acids is 2. The summed E-state index contributed by atoms with van der Waals surface area (Å²) in [5, 5.41) is 11.4. The number of carboxylic acids is 1. The summed E-state index contributed by atoms with van der Waals surface area (Å²) in [5.41, 5.74) is 1.46. The van der Waals surface area contributed by atoms with Gasteiger partial charge < -0.3 is 15.3 Å². The standard InChI is InChI=1S/C31H38FN3O4/c1-4-6-26(22-9-11-23(12-10-22)29(38)33-18-15-27(36)37)35-30(39)28(24-7-5-8-25(32)19-24)34-31(35)16-13-21(14-17-31)20(2)3/h5,7-12,19-21,26H,4,6,13-18H2,1-3H3,(H,33,38)(H,36,37)/t21?,26-,31?/m1/s1. The number of benzene rings is 2. The van der Waals surface area contributed by atoms with Gasteiger partial charge in [-0.3, -0.25) is 19.4 Å². The second-order valence-electron chi connectivity index (χ2n) is 11.0. The van der Waals surface area contributed by atoms with Crippen molar-refractivity contribution in [3.63, 3.8) is 0 Å². The molecule has 0 unspecified atom stereocenters. The minimum Gasteiger partial charge on any atom is -0.481 e. The molecule has 8 heteroatoms. The molecular formula is C31H38FN3O4. The highest BCUT2D eigenvalue weighted by atomic mass is 19.1. The van der Waals surface area contributed by atoms with Crippen LogP contribution in [0.1, 0.15) is 93.2 Å². The normalized spacial score (nSPS) is 21.8. The summed E-state index contributed by atoms with van der Waals surface area (Å²) in [6, 6.07) is 13.0. The maximum atomic E-state index is 14.1. The second kappa shape index (κ2) is 12.1. The number of nitrogens with zero attached hydrogens (tertiary/aromatic N) is 2. The number of hydrogen-bond acceptors (Lipinski definition) is 4. The van der Waals surface area contributed by atoms with E-state index in [1.807, 2.05) is 17.0 Å². The number of carbonyl (C=O) groups is 3. The van der Waals surface area contributed by atoms with Crippen LogP contribution in [0.2, 0.25) is 0 Å². The quantitative estimate of drug-likeness (QED) is 0.405. The van der Waals surface area contributed by atoms with Crippen molar-refractivity contribution in [3.8, 4) is 0 Å². The van der Waals surface area contributed by atoms with Gasteiger partial charge in [-0.2, -0.15) is 0 Å². The SMILES string of the molecule is CCC[C@H](c1ccc(C(=O)NCCC(=O)O)cc1)N1C(=O)C(c2cccc(F)c2)=NC12CCC(C(C)C)CC2. The fraction of sp³-hybridized carbons (Fsp3) is 0.484. The van der Waals surface area contributed by atoms with Gasteiger partial charge in [0.2, 0.25) is 0 Å². The molecule has 1 aliphatic carbocycles. The summed E-state index contributed by atoms with van der Waals surface area (Å²) in [6.45, 7) is 6.60. The molecule has 1 fully saturated rings. The number of carboxylic acid groups (broad SMARTS) is 1. The smallest absolute Gasteiger partial charge is 0.305 e. The van der Waals surface area contributed by atoms with E-state index in [1.54, 1.807) is 24.3 Å². The van der Waals surface area contributed by atoms with Crippen molar-refractivity contribution in [2.45, 2.75) is 77.4 Å². The van der Waals surface area contributed by atoms with Crippen molar-refractivity contribution in [3.05, 3.63) is 71.0 Å². The highest BCUT2D eigenvalue weighted by molar-refractivity contribution is 6.46. The van der Waals surface area contributed by atoms with Gasteiger partial charge in [0.25, 0.3) is 11.8 Å². The Morgan fingerprint density at radius 2 is 1.85 bits per heavy atom. The van der Waals surface area contributed by atoms with Crippen LogP contribution in [0.3, 0.4) is 0 Å². The zero-order valence-corrected chi connectivity index (χ0v) is 23.0. The van der Waals surface area contributed by atoms with Crippen molar-refractivity contribution in [2.24, 2.45) is 16.8 Å². The average Bonchev–Trinajstić information content (AvgIpc) is 3.18. The van der Waals surface area contributed by atoms with Gasteiger partial charge >= 0.3 is 5.97 Å². The van der Waals surface area contributed by atoms with Crippen molar-refractivity contribution in [1.82, 2.24) is 10.2 Å². The maximum Gasteiger partial charge on any atom is 0.305 e. The molecule has 2 aromatic rings. The van der Waals surface area contributed by atoms with Crippen LogP contribution in [-0.4, -0.2) is 45.7 Å². The van der Waals surface area contributed by atoms with Crippen LogP contribution in [0.5, 0.6) is 0 Å². The van der Waals surface area contributed by atoms with E-state index < -0.39 is 17.4 Å². The number of nitrogens with one attached hydrogen (secondary N) is 1. The molecule has 1 aliphatic heterocycles. The number of halogens is 1. The van der Waals surface area contributed by atoms with Crippen LogP contribution < -0.4 is 5.32 Å². The molecular weight excluding hydrogens is 497 g/mol. The summed E-state index contributed by atoms with van der Waals surface area (Å²) in [6.07, 6.45) is 4.86. The molecule has 0 radical (unpaired) electrons. The summed E-state index contributed by atoms with van der Waals surface area (Å²) in [7, 11) is 0. The Bertz CT molecular complexity index is 1230. The van der Waals surface area contributed by atoms with Crippen LogP contribution in [0.25, 0.3) is 0 Å². The van der Waals surface area contributed by atoms with E-state index in [-0.39, 0.29) is 30.8 Å². The first kappa shape index (κ1) is 28.5. The number of rotatable bonds is 10. The van der Waals surface area contributed by atoms with Crippen molar-refractivity contribution in [1.29, 1.82) is 0 Å². The van der Waals surface area contributed by atoms with Crippen LogP contribution in [0.15, 0.2) is 53.5 Å². The zero-order chi connectivity index (χ0) is 28.2. The maximum absolute atomic E-state index is 14.1. The van der Waals surface area contributed by atoms with Gasteiger partial charge in [0.05, 0.1) is 12.5 Å². The molecule has 1 atom stereocenters. The predicted molar refractivity (Wildman–Crippen MR) is 148 cm³/mol. The third kappa shape index (κ3) is 6.21. The molecule has 2 aromatic carbocycles. The molecule has 2 aliphatic rings. The molecule has 1 heterocycles. The minimum atomic E-state index is -0.973. The van der Waals surface area contributed by atoms with Gasteiger partial charge in [0.15, 0.2) is 0 Å². The van der Waals surface area contributed by atoms with E-state index in [2.05, 4.69) is 26.1 Å². The van der Waals surface area contributed by atoms with Gasteiger partial charge in [0.1, 0.15) is 17.2 Å². The van der Waals surface area contributed by atoms with E-state index in [9.17, 15) is 18.8 Å². The fourth-order valence-electron chi connectivity index (χ4n) is 5.95. The first-order chi connectivity index (χ1) is 18.6.